The summed E-state index contributed by atoms with van der Waals surface area (Å²) in [5.41, 5.74) is 1.01. The number of carbonyl (C=O) groups excluding carboxylic acids is 1. The molecule has 0 aliphatic carbocycles. The average molecular weight is 292 g/mol. The number of amides is 1. The zero-order chi connectivity index (χ0) is 15.0. The van der Waals surface area contributed by atoms with E-state index in [2.05, 4.69) is 29.5 Å². The van der Waals surface area contributed by atoms with Crippen LogP contribution < -0.4 is 0 Å². The quantitative estimate of drug-likeness (QED) is 0.653. The monoisotopic (exact) mass is 292 g/mol. The van der Waals surface area contributed by atoms with Gasteiger partial charge in [-0.25, -0.2) is 0 Å². The fourth-order valence-electron chi connectivity index (χ4n) is 1.98. The zero-order valence-corrected chi connectivity index (χ0v) is 13.3. The van der Waals surface area contributed by atoms with Gasteiger partial charge in [-0.05, 0) is 25.3 Å². The molecule has 0 aliphatic rings. The van der Waals surface area contributed by atoms with Gasteiger partial charge in [0.25, 0.3) is 0 Å². The minimum Gasteiger partial charge on any atom is -0.338 e. The van der Waals surface area contributed by atoms with Crippen LogP contribution >= 0.6 is 11.3 Å². The highest BCUT2D eigenvalue weighted by Gasteiger charge is 2.16. The second kappa shape index (κ2) is 8.72. The standard InChI is InChI=1S/C16H24N2OS/c1-5-9-17(12-15-8-7-10-20-15)13-16(19)18(6-2)11-14(3)4/h5,7-8,10H,1,3,6,9,11-13H2,2,4H3. The number of rotatable bonds is 9. The Labute approximate surface area is 126 Å². The highest BCUT2D eigenvalue weighted by Crippen LogP contribution is 2.12. The van der Waals surface area contributed by atoms with Gasteiger partial charge in [0.05, 0.1) is 6.54 Å². The van der Waals surface area contributed by atoms with Gasteiger partial charge >= 0.3 is 0 Å². The third-order valence-corrected chi connectivity index (χ3v) is 3.76. The Kier molecular flexibility index (Phi) is 7.26. The van der Waals surface area contributed by atoms with Crippen LogP contribution in [0.2, 0.25) is 0 Å². The molecule has 0 radical (unpaired) electrons. The van der Waals surface area contributed by atoms with Crippen LogP contribution in [0, 0.1) is 0 Å². The van der Waals surface area contributed by atoms with E-state index in [1.54, 1.807) is 11.3 Å². The van der Waals surface area contributed by atoms with Crippen LogP contribution in [-0.2, 0) is 11.3 Å². The molecule has 0 N–H and O–H groups in total. The topological polar surface area (TPSA) is 23.6 Å². The number of carbonyl (C=O) groups is 1. The smallest absolute Gasteiger partial charge is 0.237 e. The Morgan fingerprint density at radius 2 is 2.20 bits per heavy atom. The van der Waals surface area contributed by atoms with E-state index in [-0.39, 0.29) is 5.91 Å². The normalized spacial score (nSPS) is 10.6. The number of hydrogen-bond donors (Lipinski definition) is 0. The molecule has 20 heavy (non-hydrogen) atoms. The van der Waals surface area contributed by atoms with Crippen LogP contribution in [0.5, 0.6) is 0 Å². The Hall–Kier alpha value is -1.39. The zero-order valence-electron chi connectivity index (χ0n) is 12.5. The van der Waals surface area contributed by atoms with Crippen molar-refractivity contribution >= 4 is 17.2 Å². The largest absolute Gasteiger partial charge is 0.338 e. The van der Waals surface area contributed by atoms with Crippen molar-refractivity contribution in [2.45, 2.75) is 20.4 Å². The van der Waals surface area contributed by atoms with Gasteiger partial charge in [-0.2, -0.15) is 0 Å². The van der Waals surface area contributed by atoms with Crippen molar-refractivity contribution in [3.63, 3.8) is 0 Å². The minimum atomic E-state index is 0.147. The lowest BCUT2D eigenvalue weighted by Crippen LogP contribution is -2.40. The van der Waals surface area contributed by atoms with Crippen molar-refractivity contribution in [1.82, 2.24) is 9.80 Å². The summed E-state index contributed by atoms with van der Waals surface area (Å²) in [6.45, 7) is 14.9. The van der Waals surface area contributed by atoms with Gasteiger partial charge in [0.2, 0.25) is 5.91 Å². The molecule has 1 rings (SSSR count). The molecular weight excluding hydrogens is 268 g/mol. The van der Waals surface area contributed by atoms with Gasteiger partial charge in [-0.1, -0.05) is 24.3 Å². The lowest BCUT2D eigenvalue weighted by molar-refractivity contribution is -0.131. The molecule has 1 aromatic heterocycles. The molecule has 1 aromatic rings. The van der Waals surface area contributed by atoms with Gasteiger partial charge in [-0.15, -0.1) is 17.9 Å². The average Bonchev–Trinajstić information content (AvgIpc) is 2.88. The molecule has 0 unspecified atom stereocenters. The molecule has 1 amide bonds. The van der Waals surface area contributed by atoms with E-state index < -0.39 is 0 Å². The van der Waals surface area contributed by atoms with Gasteiger partial charge < -0.3 is 4.90 Å². The van der Waals surface area contributed by atoms with Gasteiger partial charge in [0.15, 0.2) is 0 Å². The van der Waals surface area contributed by atoms with E-state index in [9.17, 15) is 4.79 Å². The van der Waals surface area contributed by atoms with Crippen molar-refractivity contribution in [2.75, 3.05) is 26.2 Å². The Morgan fingerprint density at radius 1 is 1.45 bits per heavy atom. The number of likely N-dealkylation sites (N-methyl/N-ethyl adjacent to an activating group) is 1. The van der Waals surface area contributed by atoms with Gasteiger partial charge in [0.1, 0.15) is 0 Å². The lowest BCUT2D eigenvalue weighted by atomic mass is 10.3. The Balaban J connectivity index is 2.61. The van der Waals surface area contributed by atoms with Crippen molar-refractivity contribution in [3.05, 3.63) is 47.2 Å². The molecule has 0 bridgehead atoms. The van der Waals surface area contributed by atoms with E-state index >= 15 is 0 Å². The van der Waals surface area contributed by atoms with Crippen molar-refractivity contribution in [2.24, 2.45) is 0 Å². The van der Waals surface area contributed by atoms with E-state index in [0.29, 0.717) is 26.2 Å². The molecule has 0 aromatic carbocycles. The van der Waals surface area contributed by atoms with Crippen LogP contribution in [-0.4, -0.2) is 41.9 Å². The maximum atomic E-state index is 12.3. The lowest BCUT2D eigenvalue weighted by Gasteiger charge is -2.26. The predicted molar refractivity (Wildman–Crippen MR) is 86.9 cm³/mol. The molecule has 0 saturated carbocycles. The molecule has 0 atom stereocenters. The molecule has 110 valence electrons. The number of hydrogen-bond acceptors (Lipinski definition) is 3. The molecule has 3 nitrogen and oxygen atoms in total. The summed E-state index contributed by atoms with van der Waals surface area (Å²) in [5.74, 6) is 0.147. The predicted octanol–water partition coefficient (Wildman–Crippen LogP) is 3.16. The van der Waals surface area contributed by atoms with Crippen LogP contribution in [0.3, 0.4) is 0 Å². The van der Waals surface area contributed by atoms with Crippen molar-refractivity contribution in [1.29, 1.82) is 0 Å². The van der Waals surface area contributed by atoms with Crippen molar-refractivity contribution in [3.8, 4) is 0 Å². The SMILES string of the molecule is C=CCN(CC(=O)N(CC)CC(=C)C)Cc1cccs1. The second-order valence-electron chi connectivity index (χ2n) is 4.90. The Morgan fingerprint density at radius 3 is 2.70 bits per heavy atom. The summed E-state index contributed by atoms with van der Waals surface area (Å²) in [6, 6.07) is 4.13. The number of nitrogens with zero attached hydrogens (tertiary/aromatic N) is 2. The molecule has 0 saturated heterocycles. The molecule has 0 spiro atoms. The Bertz CT molecular complexity index is 439. The third kappa shape index (κ3) is 5.72. The fraction of sp³-hybridized carbons (Fsp3) is 0.438. The van der Waals surface area contributed by atoms with E-state index in [0.717, 1.165) is 12.1 Å². The molecule has 0 fully saturated rings. The summed E-state index contributed by atoms with van der Waals surface area (Å²) in [7, 11) is 0. The maximum Gasteiger partial charge on any atom is 0.237 e. The first-order valence-electron chi connectivity index (χ1n) is 6.84. The molecular formula is C16H24N2OS. The summed E-state index contributed by atoms with van der Waals surface area (Å²) in [5, 5.41) is 2.06. The van der Waals surface area contributed by atoms with Crippen LogP contribution in [0.4, 0.5) is 0 Å². The summed E-state index contributed by atoms with van der Waals surface area (Å²) >= 11 is 1.71. The maximum absolute atomic E-state index is 12.3. The van der Waals surface area contributed by atoms with Crippen LogP contribution in [0.25, 0.3) is 0 Å². The van der Waals surface area contributed by atoms with Crippen LogP contribution in [0.1, 0.15) is 18.7 Å². The number of thiophene rings is 1. The summed E-state index contributed by atoms with van der Waals surface area (Å²) < 4.78 is 0. The highest BCUT2D eigenvalue weighted by atomic mass is 32.1. The first-order chi connectivity index (χ1) is 9.56. The van der Waals surface area contributed by atoms with E-state index in [1.807, 2.05) is 30.9 Å². The van der Waals surface area contributed by atoms with Gasteiger partial charge in [-0.3, -0.25) is 9.69 Å². The first-order valence-corrected chi connectivity index (χ1v) is 7.72. The first kappa shape index (κ1) is 16.7. The minimum absolute atomic E-state index is 0.147. The fourth-order valence-corrected chi connectivity index (χ4v) is 2.73. The third-order valence-electron chi connectivity index (χ3n) is 2.90. The van der Waals surface area contributed by atoms with E-state index in [4.69, 9.17) is 0 Å². The molecule has 0 aliphatic heterocycles. The molecule has 1 heterocycles. The summed E-state index contributed by atoms with van der Waals surface area (Å²) in [6.07, 6.45) is 1.84. The second-order valence-corrected chi connectivity index (χ2v) is 5.93. The summed E-state index contributed by atoms with van der Waals surface area (Å²) in [4.78, 5) is 17.6. The van der Waals surface area contributed by atoms with Gasteiger partial charge in [0, 0.05) is 31.1 Å². The molecule has 4 heteroatoms. The highest BCUT2D eigenvalue weighted by molar-refractivity contribution is 7.09. The van der Waals surface area contributed by atoms with Crippen molar-refractivity contribution < 1.29 is 4.79 Å². The van der Waals surface area contributed by atoms with E-state index in [1.165, 1.54) is 4.88 Å². The van der Waals surface area contributed by atoms with Crippen LogP contribution in [0.15, 0.2) is 42.3 Å².